The Labute approximate surface area is 156 Å². The molecule has 0 radical (unpaired) electrons. The summed E-state index contributed by atoms with van der Waals surface area (Å²) in [5.74, 6) is -0.366. The van der Waals surface area contributed by atoms with E-state index in [0.29, 0.717) is 17.6 Å². The summed E-state index contributed by atoms with van der Waals surface area (Å²) in [4.78, 5) is 13.6. The van der Waals surface area contributed by atoms with Gasteiger partial charge < -0.3 is 5.73 Å². The van der Waals surface area contributed by atoms with Crippen molar-refractivity contribution in [2.75, 3.05) is 6.54 Å². The van der Waals surface area contributed by atoms with Gasteiger partial charge in [-0.1, -0.05) is 42.5 Å². The van der Waals surface area contributed by atoms with Crippen molar-refractivity contribution in [1.82, 2.24) is 4.90 Å². The molecule has 5 heteroatoms. The SMILES string of the molecule is CC(CCc1ccc(C(N)=O)cc1)N1CC1c1ccccc1.Cl.Cl. The standard InChI is InChI=1S/C19H22N2O.2ClH/c1-14(21-13-18(21)16-5-3-2-4-6-16)7-8-15-9-11-17(12-10-15)19(20)22;;/h2-6,9-12,14,18H,7-8,13H2,1H3,(H2,20,22);2*1H. The van der Waals surface area contributed by atoms with Gasteiger partial charge in [-0.25, -0.2) is 0 Å². The molecular weight excluding hydrogens is 343 g/mol. The maximum absolute atomic E-state index is 11.1. The first-order chi connectivity index (χ1) is 10.6. The van der Waals surface area contributed by atoms with Crippen LogP contribution in [0.15, 0.2) is 54.6 Å². The predicted molar refractivity (Wildman–Crippen MR) is 103 cm³/mol. The number of benzene rings is 2. The number of hydrogen-bond acceptors (Lipinski definition) is 2. The summed E-state index contributed by atoms with van der Waals surface area (Å²) in [5.41, 5.74) is 8.51. The highest BCUT2D eigenvalue weighted by Crippen LogP contribution is 2.37. The lowest BCUT2D eigenvalue weighted by Crippen LogP contribution is -2.16. The second kappa shape index (κ2) is 9.07. The highest BCUT2D eigenvalue weighted by molar-refractivity contribution is 5.92. The van der Waals surface area contributed by atoms with Gasteiger partial charge in [0, 0.05) is 24.2 Å². The predicted octanol–water partition coefficient (Wildman–Crippen LogP) is 4.01. The fraction of sp³-hybridized carbons (Fsp3) is 0.316. The zero-order valence-corrected chi connectivity index (χ0v) is 15.4. The number of primary amides is 1. The van der Waals surface area contributed by atoms with Crippen molar-refractivity contribution >= 4 is 30.7 Å². The number of rotatable bonds is 6. The summed E-state index contributed by atoms with van der Waals surface area (Å²) in [6, 6.07) is 19.5. The lowest BCUT2D eigenvalue weighted by atomic mass is 10.0. The van der Waals surface area contributed by atoms with E-state index in [0.717, 1.165) is 19.4 Å². The average Bonchev–Trinajstić information content (AvgIpc) is 3.34. The molecule has 0 saturated carbocycles. The molecule has 1 amide bonds. The first-order valence-electron chi connectivity index (χ1n) is 7.84. The summed E-state index contributed by atoms with van der Waals surface area (Å²) < 4.78 is 0. The zero-order chi connectivity index (χ0) is 15.5. The van der Waals surface area contributed by atoms with E-state index in [1.54, 1.807) is 0 Å². The third-order valence-electron chi connectivity index (χ3n) is 4.49. The van der Waals surface area contributed by atoms with Gasteiger partial charge in [-0.2, -0.15) is 0 Å². The van der Waals surface area contributed by atoms with Crippen LogP contribution in [0.2, 0.25) is 0 Å². The Morgan fingerprint density at radius 2 is 1.75 bits per heavy atom. The molecule has 130 valence electrons. The molecule has 3 unspecified atom stereocenters. The topological polar surface area (TPSA) is 46.1 Å². The van der Waals surface area contributed by atoms with Crippen molar-refractivity contribution in [3.63, 3.8) is 0 Å². The van der Waals surface area contributed by atoms with E-state index in [2.05, 4.69) is 42.2 Å². The second-order valence-electron chi connectivity index (χ2n) is 6.07. The van der Waals surface area contributed by atoms with E-state index in [1.165, 1.54) is 11.1 Å². The number of nitrogens with zero attached hydrogens (tertiary/aromatic N) is 1. The Kier molecular flexibility index (Phi) is 7.74. The first-order valence-corrected chi connectivity index (χ1v) is 7.84. The molecule has 0 bridgehead atoms. The normalized spacial score (nSPS) is 19.5. The van der Waals surface area contributed by atoms with Gasteiger partial charge in [-0.05, 0) is 43.0 Å². The molecular formula is C19H24Cl2N2O. The van der Waals surface area contributed by atoms with Gasteiger partial charge >= 0.3 is 0 Å². The molecule has 1 fully saturated rings. The monoisotopic (exact) mass is 366 g/mol. The van der Waals surface area contributed by atoms with E-state index < -0.39 is 0 Å². The van der Waals surface area contributed by atoms with E-state index >= 15 is 0 Å². The maximum atomic E-state index is 11.1. The van der Waals surface area contributed by atoms with E-state index in [-0.39, 0.29) is 30.7 Å². The van der Waals surface area contributed by atoms with Crippen LogP contribution in [-0.4, -0.2) is 23.4 Å². The highest BCUT2D eigenvalue weighted by Gasteiger charge is 2.38. The lowest BCUT2D eigenvalue weighted by Gasteiger charge is -2.14. The third kappa shape index (κ3) is 4.97. The van der Waals surface area contributed by atoms with Crippen molar-refractivity contribution in [2.24, 2.45) is 5.73 Å². The molecule has 2 aromatic rings. The van der Waals surface area contributed by atoms with Crippen LogP contribution in [0.1, 0.15) is 40.9 Å². The maximum Gasteiger partial charge on any atom is 0.248 e. The molecule has 3 atom stereocenters. The molecule has 1 aliphatic heterocycles. The molecule has 0 aliphatic carbocycles. The summed E-state index contributed by atoms with van der Waals surface area (Å²) >= 11 is 0. The number of carbonyl (C=O) groups excluding carboxylic acids is 1. The molecule has 1 heterocycles. The van der Waals surface area contributed by atoms with Crippen LogP contribution < -0.4 is 5.73 Å². The number of aryl methyl sites for hydroxylation is 1. The van der Waals surface area contributed by atoms with Crippen LogP contribution in [0, 0.1) is 0 Å². The molecule has 2 aromatic carbocycles. The average molecular weight is 367 g/mol. The minimum absolute atomic E-state index is 0. The number of amides is 1. The molecule has 3 rings (SSSR count). The molecule has 0 spiro atoms. The fourth-order valence-corrected chi connectivity index (χ4v) is 2.99. The number of halogens is 2. The second-order valence-corrected chi connectivity index (χ2v) is 6.07. The van der Waals surface area contributed by atoms with Crippen molar-refractivity contribution < 1.29 is 4.79 Å². The van der Waals surface area contributed by atoms with Crippen LogP contribution in [0.4, 0.5) is 0 Å². The van der Waals surface area contributed by atoms with E-state index in [9.17, 15) is 4.79 Å². The number of carbonyl (C=O) groups is 1. The Morgan fingerprint density at radius 3 is 2.33 bits per heavy atom. The summed E-state index contributed by atoms with van der Waals surface area (Å²) in [6.45, 7) is 3.45. The van der Waals surface area contributed by atoms with Crippen LogP contribution in [-0.2, 0) is 6.42 Å². The van der Waals surface area contributed by atoms with Gasteiger partial charge in [0.2, 0.25) is 5.91 Å². The molecule has 1 aliphatic rings. The fourth-order valence-electron chi connectivity index (χ4n) is 2.99. The Balaban J connectivity index is 0.00000144. The zero-order valence-electron chi connectivity index (χ0n) is 13.7. The molecule has 2 N–H and O–H groups in total. The van der Waals surface area contributed by atoms with Gasteiger partial charge in [0.15, 0.2) is 0 Å². The van der Waals surface area contributed by atoms with Gasteiger partial charge in [0.25, 0.3) is 0 Å². The Morgan fingerprint density at radius 1 is 1.12 bits per heavy atom. The Hall–Kier alpha value is -1.55. The van der Waals surface area contributed by atoms with Gasteiger partial charge in [-0.3, -0.25) is 9.69 Å². The van der Waals surface area contributed by atoms with E-state index in [4.69, 9.17) is 5.73 Å². The molecule has 3 nitrogen and oxygen atoms in total. The van der Waals surface area contributed by atoms with Crippen LogP contribution >= 0.6 is 24.8 Å². The van der Waals surface area contributed by atoms with Crippen molar-refractivity contribution in [3.05, 3.63) is 71.3 Å². The highest BCUT2D eigenvalue weighted by atomic mass is 35.5. The summed E-state index contributed by atoms with van der Waals surface area (Å²) in [5, 5.41) is 0. The largest absolute Gasteiger partial charge is 0.366 e. The van der Waals surface area contributed by atoms with Crippen LogP contribution in [0.5, 0.6) is 0 Å². The number of nitrogens with two attached hydrogens (primary N) is 1. The quantitative estimate of drug-likeness (QED) is 0.785. The minimum Gasteiger partial charge on any atom is -0.366 e. The van der Waals surface area contributed by atoms with Gasteiger partial charge in [-0.15, -0.1) is 24.8 Å². The third-order valence-corrected chi connectivity index (χ3v) is 4.49. The van der Waals surface area contributed by atoms with Crippen molar-refractivity contribution in [3.8, 4) is 0 Å². The Bertz CT molecular complexity index is 646. The summed E-state index contributed by atoms with van der Waals surface area (Å²) in [7, 11) is 0. The van der Waals surface area contributed by atoms with Crippen LogP contribution in [0.3, 0.4) is 0 Å². The van der Waals surface area contributed by atoms with Crippen molar-refractivity contribution in [1.29, 1.82) is 0 Å². The molecule has 0 aromatic heterocycles. The molecule has 1 saturated heterocycles. The molecule has 24 heavy (non-hydrogen) atoms. The van der Waals surface area contributed by atoms with Crippen LogP contribution in [0.25, 0.3) is 0 Å². The lowest BCUT2D eigenvalue weighted by molar-refractivity contribution is 0.100. The number of hydrogen-bond donors (Lipinski definition) is 1. The first kappa shape index (κ1) is 20.5. The van der Waals surface area contributed by atoms with Crippen molar-refractivity contribution in [2.45, 2.75) is 31.8 Å². The minimum atomic E-state index is -0.366. The van der Waals surface area contributed by atoms with Gasteiger partial charge in [0.05, 0.1) is 0 Å². The summed E-state index contributed by atoms with van der Waals surface area (Å²) in [6.07, 6.45) is 2.15. The smallest absolute Gasteiger partial charge is 0.248 e. The van der Waals surface area contributed by atoms with Gasteiger partial charge in [0.1, 0.15) is 0 Å². The van der Waals surface area contributed by atoms with E-state index in [1.807, 2.05) is 24.3 Å².